The molecular formula is C15H6F5IN2O. The first-order valence-electron chi connectivity index (χ1n) is 6.46. The number of rotatable bonds is 2. The molecule has 9 heteroatoms. The highest BCUT2D eigenvalue weighted by Gasteiger charge is 2.26. The molecule has 0 radical (unpaired) electrons. The molecule has 0 saturated heterocycles. The molecule has 2 aromatic carbocycles. The Bertz CT molecular complexity index is 1010. The topological polar surface area (TPSA) is 34.9 Å². The number of fused-ring (bicyclic) bond motifs is 1. The van der Waals surface area contributed by atoms with E-state index in [4.69, 9.17) is 0 Å². The fraction of sp³-hybridized carbons (Fsp3) is 0.0667. The van der Waals surface area contributed by atoms with Crippen molar-refractivity contribution in [3.05, 3.63) is 73.1 Å². The molecule has 3 rings (SSSR count). The summed E-state index contributed by atoms with van der Waals surface area (Å²) in [5.41, 5.74) is -1.39. The lowest BCUT2D eigenvalue weighted by Crippen LogP contribution is -2.23. The van der Waals surface area contributed by atoms with E-state index in [0.717, 1.165) is 14.5 Å². The molecular weight excluding hydrogens is 446 g/mol. The highest BCUT2D eigenvalue weighted by molar-refractivity contribution is 14.1. The Labute approximate surface area is 144 Å². The number of aromatic nitrogens is 2. The summed E-state index contributed by atoms with van der Waals surface area (Å²) in [6.07, 6.45) is 0.996. The van der Waals surface area contributed by atoms with Gasteiger partial charge in [0.05, 0.1) is 23.8 Å². The lowest BCUT2D eigenvalue weighted by Gasteiger charge is -2.10. The van der Waals surface area contributed by atoms with Crippen molar-refractivity contribution in [2.45, 2.75) is 6.54 Å². The average molecular weight is 452 g/mol. The molecule has 0 N–H and O–H groups in total. The van der Waals surface area contributed by atoms with Crippen molar-refractivity contribution in [3.8, 4) is 0 Å². The van der Waals surface area contributed by atoms with Crippen LogP contribution in [0.25, 0.3) is 10.9 Å². The summed E-state index contributed by atoms with van der Waals surface area (Å²) in [5, 5.41) is 0.174. The Morgan fingerprint density at radius 3 is 2.17 bits per heavy atom. The average Bonchev–Trinajstić information content (AvgIpc) is 2.57. The van der Waals surface area contributed by atoms with E-state index >= 15 is 0 Å². The summed E-state index contributed by atoms with van der Waals surface area (Å²) in [4.78, 5) is 16.3. The Hall–Kier alpha value is -2.04. The third-order valence-corrected chi connectivity index (χ3v) is 4.09. The van der Waals surface area contributed by atoms with E-state index in [9.17, 15) is 26.7 Å². The second kappa shape index (κ2) is 6.11. The summed E-state index contributed by atoms with van der Waals surface area (Å²) in [5.74, 6) is -10.3. The molecule has 3 nitrogen and oxygen atoms in total. The van der Waals surface area contributed by atoms with Crippen LogP contribution in [0, 0.1) is 32.7 Å². The van der Waals surface area contributed by atoms with Crippen molar-refractivity contribution in [3.63, 3.8) is 0 Å². The summed E-state index contributed by atoms with van der Waals surface area (Å²) >= 11 is 1.97. The van der Waals surface area contributed by atoms with Gasteiger partial charge in [0.15, 0.2) is 23.3 Å². The van der Waals surface area contributed by atoms with E-state index in [2.05, 4.69) is 4.98 Å². The summed E-state index contributed by atoms with van der Waals surface area (Å²) in [6, 6.07) is 4.81. The first-order valence-corrected chi connectivity index (χ1v) is 7.54. The molecule has 0 atom stereocenters. The Kier molecular flexibility index (Phi) is 4.28. The summed E-state index contributed by atoms with van der Waals surface area (Å²) in [6.45, 7) is -0.834. The van der Waals surface area contributed by atoms with Crippen LogP contribution in [-0.2, 0) is 6.54 Å². The molecule has 0 spiro atoms. The SMILES string of the molecule is O=c1c2cc(I)ccc2ncn1Cc1c(F)c(F)c(F)c(F)c1F. The zero-order chi connectivity index (χ0) is 17.6. The molecule has 0 saturated carbocycles. The van der Waals surface area contributed by atoms with Gasteiger partial charge < -0.3 is 0 Å². The fourth-order valence-corrected chi connectivity index (χ4v) is 2.69. The third kappa shape index (κ3) is 2.66. The van der Waals surface area contributed by atoms with E-state index in [1.54, 1.807) is 12.1 Å². The number of hydrogen-bond acceptors (Lipinski definition) is 2. The largest absolute Gasteiger partial charge is 0.294 e. The van der Waals surface area contributed by atoms with Crippen LogP contribution < -0.4 is 5.56 Å². The number of hydrogen-bond donors (Lipinski definition) is 0. The van der Waals surface area contributed by atoms with Gasteiger partial charge in [0.1, 0.15) is 0 Å². The van der Waals surface area contributed by atoms with Crippen molar-refractivity contribution in [1.82, 2.24) is 9.55 Å². The first kappa shape index (κ1) is 16.8. The Morgan fingerprint density at radius 1 is 0.958 bits per heavy atom. The second-order valence-electron chi connectivity index (χ2n) is 4.89. The molecule has 24 heavy (non-hydrogen) atoms. The highest BCUT2D eigenvalue weighted by atomic mass is 127. The van der Waals surface area contributed by atoms with Gasteiger partial charge in [-0.3, -0.25) is 9.36 Å². The van der Waals surface area contributed by atoms with Gasteiger partial charge in [-0.15, -0.1) is 0 Å². The molecule has 0 aliphatic heterocycles. The molecule has 1 heterocycles. The van der Waals surface area contributed by atoms with Crippen LogP contribution >= 0.6 is 22.6 Å². The van der Waals surface area contributed by atoms with Crippen LogP contribution in [0.4, 0.5) is 22.0 Å². The van der Waals surface area contributed by atoms with E-state index in [1.807, 2.05) is 22.6 Å². The minimum atomic E-state index is -2.24. The minimum absolute atomic E-state index is 0.174. The number of nitrogens with zero attached hydrogens (tertiary/aromatic N) is 2. The normalized spacial score (nSPS) is 11.2. The van der Waals surface area contributed by atoms with Gasteiger partial charge in [-0.25, -0.2) is 26.9 Å². The van der Waals surface area contributed by atoms with E-state index in [0.29, 0.717) is 5.52 Å². The standard InChI is InChI=1S/C15H6F5IN2O/c16-10-8(11(17)13(19)14(20)12(10)18)4-23-5-22-9-2-1-6(21)3-7(9)15(23)24/h1-3,5H,4H2. The van der Waals surface area contributed by atoms with Gasteiger partial charge in [0, 0.05) is 9.13 Å². The smallest absolute Gasteiger partial charge is 0.261 e. The third-order valence-electron chi connectivity index (χ3n) is 3.42. The first-order chi connectivity index (χ1) is 11.3. The molecule has 0 aliphatic rings. The highest BCUT2D eigenvalue weighted by Crippen LogP contribution is 2.23. The lowest BCUT2D eigenvalue weighted by atomic mass is 10.1. The van der Waals surface area contributed by atoms with Crippen LogP contribution in [0.2, 0.25) is 0 Å². The van der Waals surface area contributed by atoms with Gasteiger partial charge in [0.2, 0.25) is 5.82 Å². The van der Waals surface area contributed by atoms with Gasteiger partial charge in [-0.05, 0) is 40.8 Å². The summed E-state index contributed by atoms with van der Waals surface area (Å²) in [7, 11) is 0. The molecule has 3 aromatic rings. The van der Waals surface area contributed by atoms with E-state index < -0.39 is 46.8 Å². The van der Waals surface area contributed by atoms with Crippen LogP contribution in [-0.4, -0.2) is 9.55 Å². The molecule has 124 valence electrons. The van der Waals surface area contributed by atoms with E-state index in [1.165, 1.54) is 6.07 Å². The van der Waals surface area contributed by atoms with E-state index in [-0.39, 0.29) is 5.39 Å². The lowest BCUT2D eigenvalue weighted by molar-refractivity contribution is 0.367. The van der Waals surface area contributed by atoms with Crippen molar-refractivity contribution in [2.75, 3.05) is 0 Å². The van der Waals surface area contributed by atoms with Crippen LogP contribution in [0.15, 0.2) is 29.3 Å². The van der Waals surface area contributed by atoms with Crippen molar-refractivity contribution >= 4 is 33.5 Å². The zero-order valence-corrected chi connectivity index (χ0v) is 13.7. The van der Waals surface area contributed by atoms with Gasteiger partial charge in [0.25, 0.3) is 5.56 Å². The van der Waals surface area contributed by atoms with Crippen molar-refractivity contribution in [1.29, 1.82) is 0 Å². The molecule has 0 bridgehead atoms. The van der Waals surface area contributed by atoms with Crippen LogP contribution in [0.5, 0.6) is 0 Å². The maximum absolute atomic E-state index is 13.7. The maximum Gasteiger partial charge on any atom is 0.261 e. The number of benzene rings is 2. The molecule has 0 aliphatic carbocycles. The van der Waals surface area contributed by atoms with Gasteiger partial charge in [-0.1, -0.05) is 0 Å². The summed E-state index contributed by atoms with van der Waals surface area (Å²) < 4.78 is 68.6. The molecule has 0 unspecified atom stereocenters. The number of halogens is 6. The molecule has 0 fully saturated rings. The fourth-order valence-electron chi connectivity index (χ4n) is 2.20. The second-order valence-corrected chi connectivity index (χ2v) is 6.13. The maximum atomic E-state index is 13.7. The Morgan fingerprint density at radius 2 is 1.54 bits per heavy atom. The molecule has 1 aromatic heterocycles. The van der Waals surface area contributed by atoms with Crippen LogP contribution in [0.1, 0.15) is 5.56 Å². The van der Waals surface area contributed by atoms with Crippen molar-refractivity contribution < 1.29 is 22.0 Å². The quantitative estimate of drug-likeness (QED) is 0.257. The minimum Gasteiger partial charge on any atom is -0.294 e. The monoisotopic (exact) mass is 452 g/mol. The van der Waals surface area contributed by atoms with Gasteiger partial charge in [-0.2, -0.15) is 0 Å². The predicted octanol–water partition coefficient (Wildman–Crippen LogP) is 3.74. The zero-order valence-electron chi connectivity index (χ0n) is 11.6. The van der Waals surface area contributed by atoms with Crippen LogP contribution in [0.3, 0.4) is 0 Å². The van der Waals surface area contributed by atoms with Gasteiger partial charge >= 0.3 is 0 Å². The Balaban J connectivity index is 2.18. The predicted molar refractivity (Wildman–Crippen MR) is 84.1 cm³/mol. The van der Waals surface area contributed by atoms with Crippen molar-refractivity contribution in [2.24, 2.45) is 0 Å². The molecule has 0 amide bonds.